The number of rotatable bonds is 5. The van der Waals surface area contributed by atoms with Crippen LogP contribution < -0.4 is 10.1 Å². The van der Waals surface area contributed by atoms with Gasteiger partial charge >= 0.3 is 0 Å². The van der Waals surface area contributed by atoms with Crippen molar-refractivity contribution in [3.05, 3.63) is 63.1 Å². The molecule has 24 heavy (non-hydrogen) atoms. The van der Waals surface area contributed by atoms with Crippen molar-refractivity contribution in [3.8, 4) is 5.75 Å². The van der Waals surface area contributed by atoms with Gasteiger partial charge in [-0.2, -0.15) is 0 Å². The highest BCUT2D eigenvalue weighted by molar-refractivity contribution is 9.10. The first-order valence-electron chi connectivity index (χ1n) is 8.08. The molecular formula is C20H24BrNO2. The fourth-order valence-corrected chi connectivity index (χ4v) is 2.89. The fourth-order valence-electron chi connectivity index (χ4n) is 2.63. The summed E-state index contributed by atoms with van der Waals surface area (Å²) in [5.74, 6) is 0.555. The molecule has 0 saturated heterocycles. The number of aryl methyl sites for hydroxylation is 3. The largest absolute Gasteiger partial charge is 0.481 e. The number of amides is 1. The first-order valence-corrected chi connectivity index (χ1v) is 8.87. The molecular weight excluding hydrogens is 366 g/mol. The van der Waals surface area contributed by atoms with E-state index in [-0.39, 0.29) is 11.9 Å². The van der Waals surface area contributed by atoms with Crippen LogP contribution >= 0.6 is 15.9 Å². The Morgan fingerprint density at radius 2 is 1.58 bits per heavy atom. The normalized spacial score (nSPS) is 13.2. The van der Waals surface area contributed by atoms with Gasteiger partial charge < -0.3 is 10.1 Å². The van der Waals surface area contributed by atoms with Gasteiger partial charge in [-0.1, -0.05) is 28.1 Å². The maximum absolute atomic E-state index is 12.4. The van der Waals surface area contributed by atoms with Gasteiger partial charge in [-0.15, -0.1) is 0 Å². The molecule has 2 aromatic rings. The van der Waals surface area contributed by atoms with Crippen LogP contribution in [0.3, 0.4) is 0 Å². The second-order valence-corrected chi connectivity index (χ2v) is 7.15. The maximum atomic E-state index is 12.4. The standard InChI is InChI=1S/C20H24BrNO2/c1-12-10-14(3)19(11-13(12)2)15(4)22-20(23)16(5)24-18-8-6-17(21)7-9-18/h6-11,15-16H,1-5H3,(H,22,23)/t15-,16-/m1/s1. The molecule has 0 radical (unpaired) electrons. The minimum Gasteiger partial charge on any atom is -0.481 e. The van der Waals surface area contributed by atoms with Crippen LogP contribution in [0, 0.1) is 20.8 Å². The molecule has 0 unspecified atom stereocenters. The zero-order valence-electron chi connectivity index (χ0n) is 14.8. The molecule has 2 atom stereocenters. The Kier molecular flexibility index (Phi) is 6.05. The Balaban J connectivity index is 2.03. The lowest BCUT2D eigenvalue weighted by Gasteiger charge is -2.21. The van der Waals surface area contributed by atoms with Crippen molar-refractivity contribution in [2.75, 3.05) is 0 Å². The van der Waals surface area contributed by atoms with Crippen molar-refractivity contribution in [1.82, 2.24) is 5.32 Å². The van der Waals surface area contributed by atoms with Crippen LogP contribution in [0.2, 0.25) is 0 Å². The molecule has 0 aliphatic heterocycles. The highest BCUT2D eigenvalue weighted by atomic mass is 79.9. The average Bonchev–Trinajstić information content (AvgIpc) is 2.52. The van der Waals surface area contributed by atoms with E-state index in [1.165, 1.54) is 16.7 Å². The predicted octanol–water partition coefficient (Wildman–Crippen LogP) is 5.02. The van der Waals surface area contributed by atoms with Crippen LogP contribution in [0.5, 0.6) is 5.75 Å². The van der Waals surface area contributed by atoms with Crippen molar-refractivity contribution >= 4 is 21.8 Å². The molecule has 1 N–H and O–H groups in total. The molecule has 0 bridgehead atoms. The van der Waals surface area contributed by atoms with Crippen LogP contribution in [0.15, 0.2) is 40.9 Å². The summed E-state index contributed by atoms with van der Waals surface area (Å²) in [6.07, 6.45) is -0.555. The minimum absolute atomic E-state index is 0.0623. The lowest BCUT2D eigenvalue weighted by atomic mass is 9.96. The van der Waals surface area contributed by atoms with Crippen molar-refractivity contribution in [3.63, 3.8) is 0 Å². The van der Waals surface area contributed by atoms with E-state index in [1.54, 1.807) is 6.92 Å². The topological polar surface area (TPSA) is 38.3 Å². The van der Waals surface area contributed by atoms with Crippen LogP contribution in [-0.2, 0) is 4.79 Å². The highest BCUT2D eigenvalue weighted by Crippen LogP contribution is 2.22. The molecule has 0 heterocycles. The number of nitrogens with one attached hydrogen (secondary N) is 1. The molecule has 1 amide bonds. The number of carbonyl (C=O) groups excluding carboxylic acids is 1. The molecule has 3 nitrogen and oxygen atoms in total. The Bertz CT molecular complexity index is 725. The van der Waals surface area contributed by atoms with Crippen LogP contribution in [-0.4, -0.2) is 12.0 Å². The van der Waals surface area contributed by atoms with E-state index in [1.807, 2.05) is 31.2 Å². The van der Waals surface area contributed by atoms with E-state index < -0.39 is 6.10 Å². The molecule has 0 aliphatic carbocycles. The second-order valence-electron chi connectivity index (χ2n) is 6.24. The summed E-state index contributed by atoms with van der Waals surface area (Å²) in [5.41, 5.74) is 4.83. The van der Waals surface area contributed by atoms with E-state index in [4.69, 9.17) is 4.74 Å². The molecule has 0 fully saturated rings. The van der Waals surface area contributed by atoms with Crippen molar-refractivity contribution < 1.29 is 9.53 Å². The number of hydrogen-bond donors (Lipinski definition) is 1. The quantitative estimate of drug-likeness (QED) is 0.779. The van der Waals surface area contributed by atoms with E-state index in [0.717, 1.165) is 10.0 Å². The van der Waals surface area contributed by atoms with Crippen molar-refractivity contribution in [2.24, 2.45) is 0 Å². The van der Waals surface area contributed by atoms with Gasteiger partial charge in [0.2, 0.25) is 0 Å². The minimum atomic E-state index is -0.555. The van der Waals surface area contributed by atoms with Crippen LogP contribution in [0.1, 0.15) is 42.1 Å². The summed E-state index contributed by atoms with van der Waals surface area (Å²) in [4.78, 5) is 12.4. The molecule has 0 saturated carbocycles. The number of ether oxygens (including phenoxy) is 1. The molecule has 2 rings (SSSR count). The Hall–Kier alpha value is -1.81. The van der Waals surface area contributed by atoms with Crippen molar-refractivity contribution in [1.29, 1.82) is 0 Å². The lowest BCUT2D eigenvalue weighted by Crippen LogP contribution is -2.38. The van der Waals surface area contributed by atoms with Crippen LogP contribution in [0.4, 0.5) is 0 Å². The highest BCUT2D eigenvalue weighted by Gasteiger charge is 2.19. The summed E-state index contributed by atoms with van der Waals surface area (Å²) in [5, 5.41) is 3.04. The summed E-state index contributed by atoms with van der Waals surface area (Å²) < 4.78 is 6.69. The smallest absolute Gasteiger partial charge is 0.261 e. The number of carbonyl (C=O) groups is 1. The first kappa shape index (κ1) is 18.5. The summed E-state index contributed by atoms with van der Waals surface area (Å²) >= 11 is 3.38. The molecule has 2 aromatic carbocycles. The van der Waals surface area contributed by atoms with E-state index in [0.29, 0.717) is 5.75 Å². The van der Waals surface area contributed by atoms with Gasteiger partial charge in [0.05, 0.1) is 6.04 Å². The molecule has 128 valence electrons. The molecule has 0 aliphatic rings. The molecule has 4 heteroatoms. The van der Waals surface area contributed by atoms with E-state index >= 15 is 0 Å². The van der Waals surface area contributed by atoms with Gasteiger partial charge in [0.25, 0.3) is 5.91 Å². The Labute approximate surface area is 152 Å². The van der Waals surface area contributed by atoms with Gasteiger partial charge in [0, 0.05) is 4.47 Å². The van der Waals surface area contributed by atoms with Gasteiger partial charge in [0.15, 0.2) is 6.10 Å². The summed E-state index contributed by atoms with van der Waals surface area (Å²) in [6, 6.07) is 11.7. The molecule has 0 spiro atoms. The number of hydrogen-bond acceptors (Lipinski definition) is 2. The molecule has 0 aromatic heterocycles. The third-order valence-electron chi connectivity index (χ3n) is 4.20. The van der Waals surface area contributed by atoms with Crippen molar-refractivity contribution in [2.45, 2.75) is 46.8 Å². The summed E-state index contributed by atoms with van der Waals surface area (Å²) in [6.45, 7) is 10.0. The fraction of sp³-hybridized carbons (Fsp3) is 0.350. The lowest BCUT2D eigenvalue weighted by molar-refractivity contribution is -0.127. The predicted molar refractivity (Wildman–Crippen MR) is 101 cm³/mol. The Morgan fingerprint density at radius 3 is 2.21 bits per heavy atom. The zero-order chi connectivity index (χ0) is 17.9. The summed E-state index contributed by atoms with van der Waals surface area (Å²) in [7, 11) is 0. The van der Waals surface area contributed by atoms with E-state index in [2.05, 4.69) is 54.2 Å². The third kappa shape index (κ3) is 4.60. The number of halogens is 1. The monoisotopic (exact) mass is 389 g/mol. The second kappa shape index (κ2) is 7.84. The first-order chi connectivity index (χ1) is 11.3. The average molecular weight is 390 g/mol. The van der Waals surface area contributed by atoms with Gasteiger partial charge in [-0.05, 0) is 81.1 Å². The van der Waals surface area contributed by atoms with Crippen LogP contribution in [0.25, 0.3) is 0 Å². The SMILES string of the molecule is Cc1cc(C)c([C@@H](C)NC(=O)[C@@H](C)Oc2ccc(Br)cc2)cc1C. The maximum Gasteiger partial charge on any atom is 0.261 e. The third-order valence-corrected chi connectivity index (χ3v) is 4.73. The van der Waals surface area contributed by atoms with Gasteiger partial charge in [-0.3, -0.25) is 4.79 Å². The zero-order valence-corrected chi connectivity index (χ0v) is 16.4. The van der Waals surface area contributed by atoms with E-state index in [9.17, 15) is 4.79 Å². The van der Waals surface area contributed by atoms with Gasteiger partial charge in [0.1, 0.15) is 5.75 Å². The number of benzene rings is 2. The van der Waals surface area contributed by atoms with Gasteiger partial charge in [-0.25, -0.2) is 0 Å². The Morgan fingerprint density at radius 1 is 1.00 bits per heavy atom.